The Morgan fingerprint density at radius 1 is 1.17 bits per heavy atom. The van der Waals surface area contributed by atoms with Gasteiger partial charge in [-0.1, -0.05) is 34.6 Å². The maximum atomic E-state index is 4.02. The molecule has 1 aromatic heterocycles. The fraction of sp³-hybridized carbons (Fsp3) is 0.700. The summed E-state index contributed by atoms with van der Waals surface area (Å²) in [4.78, 5) is 0. The van der Waals surface area contributed by atoms with Crippen LogP contribution in [0.25, 0.3) is 0 Å². The van der Waals surface area contributed by atoms with E-state index in [2.05, 4.69) is 12.0 Å². The Balaban J connectivity index is 0. The second-order valence-corrected chi connectivity index (χ2v) is 1.77. The topological polar surface area (TPSA) is 17.8 Å². The first-order valence-corrected chi connectivity index (χ1v) is 4.91. The van der Waals surface area contributed by atoms with Crippen LogP contribution in [0.1, 0.15) is 41.0 Å². The van der Waals surface area contributed by atoms with E-state index < -0.39 is 0 Å². The standard InChI is InChI=1S/C6H10N2.2C2H6/c1-2-5-8-6-3-4-7-8;2*1-2/h3-4,6H,2,5H2,1H3;2*1-2H3. The SMILES string of the molecule is CC.CC.CCCn1cccn1. The minimum atomic E-state index is 1.03. The first-order valence-electron chi connectivity index (χ1n) is 4.91. The smallest absolute Gasteiger partial charge is 0.0489 e. The summed E-state index contributed by atoms with van der Waals surface area (Å²) in [5.41, 5.74) is 0. The summed E-state index contributed by atoms with van der Waals surface area (Å²) in [6.45, 7) is 11.2. The van der Waals surface area contributed by atoms with Crippen LogP contribution < -0.4 is 0 Å². The van der Waals surface area contributed by atoms with E-state index in [9.17, 15) is 0 Å². The van der Waals surface area contributed by atoms with Crippen molar-refractivity contribution in [1.82, 2.24) is 9.78 Å². The van der Waals surface area contributed by atoms with Crippen LogP contribution in [0.5, 0.6) is 0 Å². The van der Waals surface area contributed by atoms with Crippen LogP contribution in [0.15, 0.2) is 18.5 Å². The van der Waals surface area contributed by atoms with Gasteiger partial charge in [-0.05, 0) is 12.5 Å². The van der Waals surface area contributed by atoms with Crippen molar-refractivity contribution < 1.29 is 0 Å². The fourth-order valence-electron chi connectivity index (χ4n) is 0.662. The molecule has 0 N–H and O–H groups in total. The van der Waals surface area contributed by atoms with Gasteiger partial charge in [0.2, 0.25) is 0 Å². The van der Waals surface area contributed by atoms with Crippen LogP contribution >= 0.6 is 0 Å². The molecule has 0 saturated heterocycles. The lowest BCUT2D eigenvalue weighted by atomic mass is 10.5. The summed E-state index contributed by atoms with van der Waals surface area (Å²) in [5.74, 6) is 0. The number of hydrogen-bond donors (Lipinski definition) is 0. The van der Waals surface area contributed by atoms with Gasteiger partial charge in [-0.25, -0.2) is 0 Å². The van der Waals surface area contributed by atoms with Crippen molar-refractivity contribution in [3.63, 3.8) is 0 Å². The van der Waals surface area contributed by atoms with Crippen LogP contribution in [0.4, 0.5) is 0 Å². The van der Waals surface area contributed by atoms with E-state index in [1.807, 2.05) is 44.6 Å². The summed E-state index contributed by atoms with van der Waals surface area (Å²) in [5, 5.41) is 4.02. The Bertz CT molecular complexity index is 134. The molecule has 1 rings (SSSR count). The van der Waals surface area contributed by atoms with Gasteiger partial charge in [0.25, 0.3) is 0 Å². The van der Waals surface area contributed by atoms with Crippen LogP contribution in [-0.2, 0) is 6.54 Å². The Morgan fingerprint density at radius 2 is 1.75 bits per heavy atom. The molecule has 72 valence electrons. The van der Waals surface area contributed by atoms with E-state index >= 15 is 0 Å². The summed E-state index contributed by atoms with van der Waals surface area (Å²) < 4.78 is 1.93. The number of rotatable bonds is 2. The van der Waals surface area contributed by atoms with Gasteiger partial charge < -0.3 is 0 Å². The first-order chi connectivity index (χ1) is 5.93. The highest BCUT2D eigenvalue weighted by Crippen LogP contribution is 1.85. The molecule has 0 unspecified atom stereocenters. The van der Waals surface area contributed by atoms with Crippen molar-refractivity contribution in [2.45, 2.75) is 47.6 Å². The molecule has 12 heavy (non-hydrogen) atoms. The summed E-state index contributed by atoms with van der Waals surface area (Å²) in [6.07, 6.45) is 4.93. The molecule has 0 aliphatic heterocycles. The summed E-state index contributed by atoms with van der Waals surface area (Å²) >= 11 is 0. The second kappa shape index (κ2) is 12.8. The molecule has 0 amide bonds. The van der Waals surface area contributed by atoms with E-state index in [0.717, 1.165) is 13.0 Å². The van der Waals surface area contributed by atoms with Crippen molar-refractivity contribution in [3.05, 3.63) is 18.5 Å². The molecule has 0 fully saturated rings. The normalized spacial score (nSPS) is 7.42. The largest absolute Gasteiger partial charge is 0.273 e. The third kappa shape index (κ3) is 7.32. The van der Waals surface area contributed by atoms with Gasteiger partial charge in [0, 0.05) is 18.9 Å². The van der Waals surface area contributed by atoms with Gasteiger partial charge in [-0.3, -0.25) is 4.68 Å². The predicted octanol–water partition coefficient (Wildman–Crippen LogP) is 3.35. The van der Waals surface area contributed by atoms with Crippen LogP contribution in [0, 0.1) is 0 Å². The molecule has 1 heterocycles. The van der Waals surface area contributed by atoms with E-state index in [-0.39, 0.29) is 0 Å². The van der Waals surface area contributed by atoms with Crippen molar-refractivity contribution >= 4 is 0 Å². The molecule has 0 aliphatic rings. The third-order valence-corrected chi connectivity index (χ3v) is 1.01. The number of aromatic nitrogens is 2. The van der Waals surface area contributed by atoms with Gasteiger partial charge in [0.1, 0.15) is 0 Å². The average Bonchev–Trinajstić information content (AvgIpc) is 2.65. The quantitative estimate of drug-likeness (QED) is 0.665. The lowest BCUT2D eigenvalue weighted by molar-refractivity contribution is 0.603. The van der Waals surface area contributed by atoms with Crippen molar-refractivity contribution in [2.24, 2.45) is 0 Å². The molecule has 0 atom stereocenters. The number of nitrogens with zero attached hydrogens (tertiary/aromatic N) is 2. The highest BCUT2D eigenvalue weighted by molar-refractivity contribution is 4.77. The minimum absolute atomic E-state index is 1.03. The van der Waals surface area contributed by atoms with E-state index in [0.29, 0.717) is 0 Å². The van der Waals surface area contributed by atoms with Crippen LogP contribution in [-0.4, -0.2) is 9.78 Å². The average molecular weight is 170 g/mol. The molecule has 2 nitrogen and oxygen atoms in total. The fourth-order valence-corrected chi connectivity index (χ4v) is 0.662. The molecule has 0 bridgehead atoms. The summed E-state index contributed by atoms with van der Waals surface area (Å²) in [7, 11) is 0. The molecular formula is C10H22N2. The maximum absolute atomic E-state index is 4.02. The zero-order valence-corrected chi connectivity index (χ0v) is 9.04. The highest BCUT2D eigenvalue weighted by atomic mass is 15.3. The lowest BCUT2D eigenvalue weighted by Gasteiger charge is -1.92. The molecule has 0 saturated carbocycles. The number of aryl methyl sites for hydroxylation is 1. The highest BCUT2D eigenvalue weighted by Gasteiger charge is 1.82. The van der Waals surface area contributed by atoms with Crippen molar-refractivity contribution in [2.75, 3.05) is 0 Å². The van der Waals surface area contributed by atoms with Gasteiger partial charge in [-0.15, -0.1) is 0 Å². The molecule has 0 radical (unpaired) electrons. The van der Waals surface area contributed by atoms with Crippen molar-refractivity contribution in [1.29, 1.82) is 0 Å². The van der Waals surface area contributed by atoms with E-state index in [1.165, 1.54) is 0 Å². The number of hydrogen-bond acceptors (Lipinski definition) is 1. The Labute approximate surface area is 76.6 Å². The van der Waals surface area contributed by atoms with Crippen LogP contribution in [0.2, 0.25) is 0 Å². The monoisotopic (exact) mass is 170 g/mol. The van der Waals surface area contributed by atoms with E-state index in [4.69, 9.17) is 0 Å². The Hall–Kier alpha value is -0.790. The molecule has 0 aliphatic carbocycles. The molecule has 2 heteroatoms. The molecule has 0 spiro atoms. The predicted molar refractivity (Wildman–Crippen MR) is 55.2 cm³/mol. The molecule has 0 aromatic carbocycles. The van der Waals surface area contributed by atoms with Gasteiger partial charge >= 0.3 is 0 Å². The molecular weight excluding hydrogens is 148 g/mol. The van der Waals surface area contributed by atoms with Gasteiger partial charge in [0.05, 0.1) is 0 Å². The third-order valence-electron chi connectivity index (χ3n) is 1.01. The zero-order valence-electron chi connectivity index (χ0n) is 9.04. The minimum Gasteiger partial charge on any atom is -0.273 e. The van der Waals surface area contributed by atoms with E-state index in [1.54, 1.807) is 6.20 Å². The second-order valence-electron chi connectivity index (χ2n) is 1.77. The first kappa shape index (κ1) is 13.8. The van der Waals surface area contributed by atoms with Gasteiger partial charge in [0.15, 0.2) is 0 Å². The maximum Gasteiger partial charge on any atom is 0.0489 e. The molecule has 1 aromatic rings. The van der Waals surface area contributed by atoms with Crippen molar-refractivity contribution in [3.8, 4) is 0 Å². The Kier molecular flexibility index (Phi) is 14.8. The Morgan fingerprint density at radius 3 is 2.08 bits per heavy atom. The lowest BCUT2D eigenvalue weighted by Crippen LogP contribution is -1.95. The van der Waals surface area contributed by atoms with Gasteiger partial charge in [-0.2, -0.15) is 5.10 Å². The van der Waals surface area contributed by atoms with Crippen LogP contribution in [0.3, 0.4) is 0 Å². The zero-order chi connectivity index (χ0) is 9.82. The summed E-state index contributed by atoms with van der Waals surface area (Å²) in [6, 6.07) is 1.94.